The molecular weight excluding hydrogens is 224 g/mol. The van der Waals surface area contributed by atoms with Crippen LogP contribution in [-0.2, 0) is 0 Å². The lowest BCUT2D eigenvalue weighted by atomic mass is 9.87. The van der Waals surface area contributed by atoms with E-state index in [1.54, 1.807) is 0 Å². The average Bonchev–Trinajstić information content (AvgIpc) is 2.85. The molecule has 1 atom stereocenters. The summed E-state index contributed by atoms with van der Waals surface area (Å²) in [5, 5.41) is 0. The number of H-pyrrole nitrogens is 1. The number of likely N-dealkylation sites (tertiary alicyclic amines) is 1. The highest BCUT2D eigenvalue weighted by molar-refractivity contribution is 5.11. The molecule has 0 saturated carbocycles. The maximum atomic E-state index is 5.62. The van der Waals surface area contributed by atoms with E-state index in [1.165, 1.54) is 31.6 Å². The number of nitrogens with two attached hydrogens (primary N) is 1. The topological polar surface area (TPSA) is 48.3 Å². The molecule has 1 aromatic rings. The highest BCUT2D eigenvalue weighted by atomic mass is 15.2. The number of nitrogens with one attached hydrogen (secondary N) is 1. The maximum absolute atomic E-state index is 5.62. The molecule has 2 rings (SSSR count). The monoisotopic (exact) mass is 250 g/mol. The van der Waals surface area contributed by atoms with Gasteiger partial charge >= 0.3 is 0 Å². The molecule has 4 nitrogen and oxygen atoms in total. The number of hydrogen-bond donors (Lipinski definition) is 2. The van der Waals surface area contributed by atoms with Crippen molar-refractivity contribution in [1.82, 2.24) is 14.8 Å². The van der Waals surface area contributed by atoms with Gasteiger partial charge in [0.25, 0.3) is 0 Å². The number of hydrogen-bond acceptors (Lipinski definition) is 3. The molecule has 18 heavy (non-hydrogen) atoms. The third-order valence-corrected chi connectivity index (χ3v) is 4.02. The summed E-state index contributed by atoms with van der Waals surface area (Å²) in [7, 11) is 4.36. The molecule has 0 radical (unpaired) electrons. The zero-order chi connectivity index (χ0) is 13.0. The van der Waals surface area contributed by atoms with Crippen LogP contribution < -0.4 is 5.73 Å². The fraction of sp³-hybridized carbons (Fsp3) is 0.714. The van der Waals surface area contributed by atoms with Gasteiger partial charge in [0.2, 0.25) is 0 Å². The van der Waals surface area contributed by atoms with Crippen LogP contribution in [-0.4, -0.2) is 55.1 Å². The second kappa shape index (κ2) is 6.36. The van der Waals surface area contributed by atoms with Crippen LogP contribution in [0.25, 0.3) is 0 Å². The second-order valence-electron chi connectivity index (χ2n) is 5.50. The lowest BCUT2D eigenvalue weighted by Crippen LogP contribution is -2.40. The van der Waals surface area contributed by atoms with Crippen molar-refractivity contribution in [3.05, 3.63) is 24.0 Å². The Morgan fingerprint density at radius 1 is 1.44 bits per heavy atom. The summed E-state index contributed by atoms with van der Waals surface area (Å²) >= 11 is 0. The van der Waals surface area contributed by atoms with Gasteiger partial charge in [0.15, 0.2) is 0 Å². The predicted octanol–water partition coefficient (Wildman–Crippen LogP) is 1.29. The van der Waals surface area contributed by atoms with Crippen molar-refractivity contribution in [3.8, 4) is 0 Å². The van der Waals surface area contributed by atoms with Gasteiger partial charge in [-0.1, -0.05) is 0 Å². The van der Waals surface area contributed by atoms with Crippen LogP contribution in [0.2, 0.25) is 0 Å². The minimum absolute atomic E-state index is 0.514. The van der Waals surface area contributed by atoms with E-state index in [2.05, 4.69) is 41.0 Å². The van der Waals surface area contributed by atoms with E-state index >= 15 is 0 Å². The molecule has 2 heterocycles. The zero-order valence-electron chi connectivity index (χ0n) is 11.6. The Labute approximate surface area is 110 Å². The van der Waals surface area contributed by atoms with E-state index < -0.39 is 0 Å². The number of aromatic nitrogens is 1. The third kappa shape index (κ3) is 3.13. The molecule has 1 unspecified atom stereocenters. The molecule has 0 amide bonds. The van der Waals surface area contributed by atoms with E-state index in [9.17, 15) is 0 Å². The Kier molecular flexibility index (Phi) is 4.80. The molecule has 1 fully saturated rings. The third-order valence-electron chi connectivity index (χ3n) is 4.02. The van der Waals surface area contributed by atoms with Crippen LogP contribution >= 0.6 is 0 Å². The number of piperidine rings is 1. The first-order chi connectivity index (χ1) is 8.72. The molecular formula is C14H26N4. The van der Waals surface area contributed by atoms with Crippen LogP contribution in [0.5, 0.6) is 0 Å². The smallest absolute Gasteiger partial charge is 0.0522 e. The number of aromatic amines is 1. The van der Waals surface area contributed by atoms with Gasteiger partial charge in [-0.3, -0.25) is 0 Å². The van der Waals surface area contributed by atoms with Crippen LogP contribution in [0.1, 0.15) is 24.6 Å². The van der Waals surface area contributed by atoms with Gasteiger partial charge in [-0.25, -0.2) is 0 Å². The first-order valence-corrected chi connectivity index (χ1v) is 6.94. The maximum Gasteiger partial charge on any atom is 0.0522 e. The van der Waals surface area contributed by atoms with Crippen molar-refractivity contribution in [2.45, 2.75) is 18.9 Å². The van der Waals surface area contributed by atoms with Crippen molar-refractivity contribution >= 4 is 0 Å². The van der Waals surface area contributed by atoms with Crippen molar-refractivity contribution < 1.29 is 0 Å². The van der Waals surface area contributed by atoms with Crippen LogP contribution in [0, 0.1) is 5.92 Å². The first kappa shape index (κ1) is 13.6. The zero-order valence-corrected chi connectivity index (χ0v) is 11.6. The van der Waals surface area contributed by atoms with E-state index in [4.69, 9.17) is 5.73 Å². The minimum Gasteiger partial charge on any atom is -0.364 e. The van der Waals surface area contributed by atoms with E-state index in [0.717, 1.165) is 19.0 Å². The van der Waals surface area contributed by atoms with Gasteiger partial charge in [0, 0.05) is 25.0 Å². The highest BCUT2D eigenvalue weighted by Gasteiger charge is 2.29. The predicted molar refractivity (Wildman–Crippen MR) is 75.4 cm³/mol. The SMILES string of the molecule is CN(C)C(c1ccc[nH]1)C1CCN(CCN)CC1. The van der Waals surface area contributed by atoms with Crippen molar-refractivity contribution in [2.75, 3.05) is 40.3 Å². The quantitative estimate of drug-likeness (QED) is 0.828. The minimum atomic E-state index is 0.514. The fourth-order valence-corrected chi connectivity index (χ4v) is 3.16. The summed E-state index contributed by atoms with van der Waals surface area (Å²) in [5.74, 6) is 0.743. The van der Waals surface area contributed by atoms with E-state index in [1.807, 2.05) is 6.20 Å². The largest absolute Gasteiger partial charge is 0.364 e. The van der Waals surface area contributed by atoms with Gasteiger partial charge in [0.05, 0.1) is 6.04 Å². The van der Waals surface area contributed by atoms with Crippen LogP contribution in [0.15, 0.2) is 18.3 Å². The Morgan fingerprint density at radius 2 is 2.17 bits per heavy atom. The van der Waals surface area contributed by atoms with Gasteiger partial charge in [-0.15, -0.1) is 0 Å². The molecule has 3 N–H and O–H groups in total. The second-order valence-corrected chi connectivity index (χ2v) is 5.50. The highest BCUT2D eigenvalue weighted by Crippen LogP contribution is 2.33. The van der Waals surface area contributed by atoms with Gasteiger partial charge in [-0.05, 0) is 58.1 Å². The summed E-state index contributed by atoms with van der Waals surface area (Å²) in [4.78, 5) is 8.20. The number of rotatable bonds is 5. The van der Waals surface area contributed by atoms with Crippen molar-refractivity contribution in [3.63, 3.8) is 0 Å². The normalized spacial score (nSPS) is 20.4. The summed E-state index contributed by atoms with van der Waals surface area (Å²) in [5.41, 5.74) is 6.97. The molecule has 1 aliphatic rings. The average molecular weight is 250 g/mol. The number of nitrogens with zero attached hydrogens (tertiary/aromatic N) is 2. The Balaban J connectivity index is 1.97. The van der Waals surface area contributed by atoms with Crippen molar-refractivity contribution in [2.24, 2.45) is 11.7 Å². The van der Waals surface area contributed by atoms with Crippen molar-refractivity contribution in [1.29, 1.82) is 0 Å². The summed E-state index contributed by atoms with van der Waals surface area (Å²) < 4.78 is 0. The molecule has 0 aliphatic carbocycles. The van der Waals surface area contributed by atoms with Crippen LogP contribution in [0.4, 0.5) is 0 Å². The summed E-state index contributed by atoms with van der Waals surface area (Å²) in [6.45, 7) is 4.19. The molecule has 1 aliphatic heterocycles. The molecule has 0 bridgehead atoms. The molecule has 102 valence electrons. The summed E-state index contributed by atoms with van der Waals surface area (Å²) in [6, 6.07) is 4.81. The Bertz CT molecular complexity index is 326. The van der Waals surface area contributed by atoms with E-state index in [0.29, 0.717) is 6.04 Å². The Hall–Kier alpha value is -0.840. The lowest BCUT2D eigenvalue weighted by molar-refractivity contribution is 0.117. The van der Waals surface area contributed by atoms with Crippen LogP contribution in [0.3, 0.4) is 0 Å². The molecule has 4 heteroatoms. The Morgan fingerprint density at radius 3 is 2.67 bits per heavy atom. The molecule has 0 aromatic carbocycles. The summed E-state index contributed by atoms with van der Waals surface area (Å²) in [6.07, 6.45) is 4.55. The van der Waals surface area contributed by atoms with E-state index in [-0.39, 0.29) is 0 Å². The molecule has 1 aromatic heterocycles. The fourth-order valence-electron chi connectivity index (χ4n) is 3.16. The van der Waals surface area contributed by atoms with Gasteiger partial charge in [0.1, 0.15) is 0 Å². The lowest BCUT2D eigenvalue weighted by Gasteiger charge is -2.38. The standard InChI is InChI=1S/C14H26N4/c1-17(2)14(13-4-3-8-16-13)12-5-9-18(10-6-12)11-7-15/h3-4,8,12,14,16H,5-7,9-11,15H2,1-2H3. The molecule has 1 saturated heterocycles. The van der Waals surface area contributed by atoms with Gasteiger partial charge in [-0.2, -0.15) is 0 Å². The molecule has 0 spiro atoms. The van der Waals surface area contributed by atoms with Gasteiger partial charge < -0.3 is 20.5 Å². The first-order valence-electron chi connectivity index (χ1n) is 6.94.